The predicted molar refractivity (Wildman–Crippen MR) is 108 cm³/mol. The number of amides is 2. The number of guanidine groups is 1. The van der Waals surface area contributed by atoms with Crippen LogP contribution in [0, 0.1) is 0 Å². The average molecular weight is 418 g/mol. The summed E-state index contributed by atoms with van der Waals surface area (Å²) in [7, 11) is 4.51. The largest absolute Gasteiger partial charge is 0.493 e. The lowest BCUT2D eigenvalue weighted by molar-refractivity contribution is -0.120. The van der Waals surface area contributed by atoms with Gasteiger partial charge in [0.2, 0.25) is 17.6 Å². The number of halogens is 1. The van der Waals surface area contributed by atoms with E-state index < -0.39 is 11.9 Å². The van der Waals surface area contributed by atoms with E-state index in [1.54, 1.807) is 30.3 Å². The number of methoxy groups -OCH3 is 3. The molecule has 1 aliphatic rings. The first kappa shape index (κ1) is 20.5. The van der Waals surface area contributed by atoms with Crippen LogP contribution < -0.4 is 24.8 Å². The highest BCUT2D eigenvalue weighted by Crippen LogP contribution is 2.44. The highest BCUT2D eigenvalue weighted by Gasteiger charge is 2.28. The quantitative estimate of drug-likeness (QED) is 0.779. The van der Waals surface area contributed by atoms with Crippen LogP contribution in [0.4, 0.5) is 0 Å². The van der Waals surface area contributed by atoms with Crippen molar-refractivity contribution in [1.82, 2.24) is 10.6 Å². The monoisotopic (exact) mass is 417 g/mol. The molecule has 2 aromatic rings. The molecule has 2 amide bonds. The maximum absolute atomic E-state index is 12.5. The van der Waals surface area contributed by atoms with Crippen LogP contribution in [0.3, 0.4) is 0 Å². The molecule has 2 N–H and O–H groups in total. The van der Waals surface area contributed by atoms with Crippen LogP contribution in [-0.4, -0.2) is 39.1 Å². The molecule has 1 atom stereocenters. The standard InChI is InChI=1S/C20H20ClN3O5/c1-27-15-8-7-13(17(28-2)18(15)29-3)14-10-16(25)23-20(22-14)24-19(26)11-5-4-6-12(21)9-11/h4-9,14H,10H2,1-3H3,(H2,22,23,24,25,26)/t14-/m0/s1. The van der Waals surface area contributed by atoms with Crippen molar-refractivity contribution in [3.05, 3.63) is 52.5 Å². The van der Waals surface area contributed by atoms with Gasteiger partial charge in [0.1, 0.15) is 0 Å². The molecule has 0 aliphatic carbocycles. The number of carbonyl (C=O) groups is 2. The molecule has 152 valence electrons. The van der Waals surface area contributed by atoms with E-state index in [1.807, 2.05) is 0 Å². The molecule has 3 rings (SSSR count). The fraction of sp³-hybridized carbons (Fsp3) is 0.250. The van der Waals surface area contributed by atoms with Crippen LogP contribution >= 0.6 is 11.6 Å². The van der Waals surface area contributed by atoms with Crippen LogP contribution in [0.15, 0.2) is 41.4 Å². The molecule has 0 fully saturated rings. The highest BCUT2D eigenvalue weighted by atomic mass is 35.5. The maximum Gasteiger partial charge on any atom is 0.258 e. The van der Waals surface area contributed by atoms with Gasteiger partial charge in [-0.25, -0.2) is 4.99 Å². The number of benzene rings is 2. The van der Waals surface area contributed by atoms with Gasteiger partial charge in [-0.05, 0) is 30.3 Å². The fourth-order valence-electron chi connectivity index (χ4n) is 3.03. The summed E-state index contributed by atoms with van der Waals surface area (Å²) >= 11 is 5.93. The van der Waals surface area contributed by atoms with Gasteiger partial charge < -0.3 is 14.2 Å². The summed E-state index contributed by atoms with van der Waals surface area (Å²) in [6, 6.07) is 9.35. The lowest BCUT2D eigenvalue weighted by Crippen LogP contribution is -2.47. The smallest absolute Gasteiger partial charge is 0.258 e. The number of nitrogens with one attached hydrogen (secondary N) is 2. The minimum atomic E-state index is -0.576. The molecule has 0 unspecified atom stereocenters. The van der Waals surface area contributed by atoms with Gasteiger partial charge in [0, 0.05) is 16.1 Å². The minimum Gasteiger partial charge on any atom is -0.493 e. The molecule has 0 aromatic heterocycles. The zero-order valence-corrected chi connectivity index (χ0v) is 16.9. The van der Waals surface area contributed by atoms with E-state index in [-0.39, 0.29) is 18.3 Å². The molecule has 29 heavy (non-hydrogen) atoms. The van der Waals surface area contributed by atoms with E-state index in [0.717, 1.165) is 0 Å². The SMILES string of the molecule is COc1ccc([C@@H]2CC(=O)NC(NC(=O)c3cccc(Cl)c3)=N2)c(OC)c1OC. The van der Waals surface area contributed by atoms with Crippen molar-refractivity contribution < 1.29 is 23.8 Å². The van der Waals surface area contributed by atoms with E-state index in [0.29, 0.717) is 33.4 Å². The van der Waals surface area contributed by atoms with Crippen molar-refractivity contribution >= 4 is 29.4 Å². The molecule has 2 aromatic carbocycles. The lowest BCUT2D eigenvalue weighted by atomic mass is 10.0. The van der Waals surface area contributed by atoms with Crippen molar-refractivity contribution in [2.24, 2.45) is 4.99 Å². The molecule has 0 bridgehead atoms. The van der Waals surface area contributed by atoms with E-state index in [1.165, 1.54) is 27.4 Å². The Bertz CT molecular complexity index is 977. The predicted octanol–water partition coefficient (Wildman–Crippen LogP) is 2.71. The number of hydrogen-bond donors (Lipinski definition) is 2. The Balaban J connectivity index is 1.92. The molecule has 8 nitrogen and oxygen atoms in total. The highest BCUT2D eigenvalue weighted by molar-refractivity contribution is 6.31. The molecule has 9 heteroatoms. The van der Waals surface area contributed by atoms with Gasteiger partial charge in [-0.2, -0.15) is 0 Å². The van der Waals surface area contributed by atoms with Crippen LogP contribution in [0.25, 0.3) is 0 Å². The molecule has 0 radical (unpaired) electrons. The topological polar surface area (TPSA) is 98.3 Å². The van der Waals surface area contributed by atoms with Gasteiger partial charge in [-0.3, -0.25) is 20.2 Å². The zero-order valence-electron chi connectivity index (χ0n) is 16.1. The summed E-state index contributed by atoms with van der Waals surface area (Å²) in [6.07, 6.45) is 0.0857. The van der Waals surface area contributed by atoms with Gasteiger partial charge in [0.25, 0.3) is 5.91 Å². The Morgan fingerprint density at radius 2 is 1.90 bits per heavy atom. The van der Waals surface area contributed by atoms with E-state index in [4.69, 9.17) is 25.8 Å². The Kier molecular flexibility index (Phi) is 6.23. The molecular formula is C20H20ClN3O5. The maximum atomic E-state index is 12.5. The van der Waals surface area contributed by atoms with E-state index in [2.05, 4.69) is 15.6 Å². The number of aliphatic imine (C=N–C) groups is 1. The number of nitrogens with zero attached hydrogens (tertiary/aromatic N) is 1. The fourth-order valence-corrected chi connectivity index (χ4v) is 3.22. The molecule has 1 aliphatic heterocycles. The number of ether oxygens (including phenoxy) is 3. The average Bonchev–Trinajstić information content (AvgIpc) is 2.71. The van der Waals surface area contributed by atoms with E-state index in [9.17, 15) is 9.59 Å². The third kappa shape index (κ3) is 4.43. The van der Waals surface area contributed by atoms with Crippen molar-refractivity contribution in [2.45, 2.75) is 12.5 Å². The third-order valence-corrected chi connectivity index (χ3v) is 4.57. The Hall–Kier alpha value is -3.26. The Labute approximate surface area is 172 Å². The summed E-state index contributed by atoms with van der Waals surface area (Å²) in [5.74, 6) is 0.628. The molecule has 1 heterocycles. The second-order valence-corrected chi connectivity index (χ2v) is 6.57. The van der Waals surface area contributed by atoms with Gasteiger partial charge in [0.15, 0.2) is 11.5 Å². The Morgan fingerprint density at radius 1 is 1.14 bits per heavy atom. The first-order valence-electron chi connectivity index (χ1n) is 8.70. The molecule has 0 saturated heterocycles. The van der Waals surface area contributed by atoms with Gasteiger partial charge in [-0.1, -0.05) is 17.7 Å². The number of carbonyl (C=O) groups excluding carboxylic acids is 2. The zero-order chi connectivity index (χ0) is 21.0. The van der Waals surface area contributed by atoms with Gasteiger partial charge in [-0.15, -0.1) is 0 Å². The molecule has 0 saturated carbocycles. The van der Waals surface area contributed by atoms with E-state index >= 15 is 0 Å². The van der Waals surface area contributed by atoms with Crippen LogP contribution in [0.5, 0.6) is 17.2 Å². The van der Waals surface area contributed by atoms with Gasteiger partial charge >= 0.3 is 0 Å². The lowest BCUT2D eigenvalue weighted by Gasteiger charge is -2.24. The summed E-state index contributed by atoms with van der Waals surface area (Å²) in [6.45, 7) is 0. The van der Waals surface area contributed by atoms with Crippen LogP contribution in [0.1, 0.15) is 28.4 Å². The second kappa shape index (κ2) is 8.83. The second-order valence-electron chi connectivity index (χ2n) is 6.13. The van der Waals surface area contributed by atoms with Crippen molar-refractivity contribution in [2.75, 3.05) is 21.3 Å². The first-order chi connectivity index (χ1) is 14.0. The molecular weight excluding hydrogens is 398 g/mol. The summed E-state index contributed by atoms with van der Waals surface area (Å²) < 4.78 is 16.2. The summed E-state index contributed by atoms with van der Waals surface area (Å²) in [4.78, 5) is 29.2. The Morgan fingerprint density at radius 3 is 2.55 bits per heavy atom. The van der Waals surface area contributed by atoms with Gasteiger partial charge in [0.05, 0.1) is 33.8 Å². The van der Waals surface area contributed by atoms with Crippen molar-refractivity contribution in [1.29, 1.82) is 0 Å². The van der Waals surface area contributed by atoms with Crippen LogP contribution in [-0.2, 0) is 4.79 Å². The third-order valence-electron chi connectivity index (χ3n) is 4.33. The number of hydrogen-bond acceptors (Lipinski definition) is 6. The first-order valence-corrected chi connectivity index (χ1v) is 9.08. The summed E-state index contributed by atoms with van der Waals surface area (Å²) in [5, 5.41) is 5.61. The molecule has 0 spiro atoms. The summed E-state index contributed by atoms with van der Waals surface area (Å²) in [5.41, 5.74) is 0.981. The minimum absolute atomic E-state index is 0.0491. The normalized spacial score (nSPS) is 15.8. The van der Waals surface area contributed by atoms with Crippen molar-refractivity contribution in [3.8, 4) is 17.2 Å². The van der Waals surface area contributed by atoms with Crippen LogP contribution in [0.2, 0.25) is 5.02 Å². The number of rotatable bonds is 5. The van der Waals surface area contributed by atoms with Crippen molar-refractivity contribution in [3.63, 3.8) is 0 Å².